The SMILES string of the molecule is O=C(O)[C@H]1C[C@H]1C(=O)NCC1(c2ccccc2)CC1. The second kappa shape index (κ2) is 4.37. The molecule has 1 aromatic carbocycles. The molecule has 0 radical (unpaired) electrons. The summed E-state index contributed by atoms with van der Waals surface area (Å²) in [6, 6.07) is 10.2. The summed E-state index contributed by atoms with van der Waals surface area (Å²) in [4.78, 5) is 22.6. The normalized spacial score (nSPS) is 26.5. The van der Waals surface area contributed by atoms with Crippen molar-refractivity contribution >= 4 is 11.9 Å². The van der Waals surface area contributed by atoms with E-state index in [1.165, 1.54) is 5.56 Å². The Kier molecular flexibility index (Phi) is 2.81. The molecule has 0 saturated heterocycles. The van der Waals surface area contributed by atoms with Gasteiger partial charge < -0.3 is 10.4 Å². The molecule has 2 aliphatic carbocycles. The minimum atomic E-state index is -0.857. The van der Waals surface area contributed by atoms with Gasteiger partial charge in [-0.2, -0.15) is 0 Å². The van der Waals surface area contributed by atoms with Crippen molar-refractivity contribution in [3.63, 3.8) is 0 Å². The van der Waals surface area contributed by atoms with Crippen molar-refractivity contribution in [2.45, 2.75) is 24.7 Å². The van der Waals surface area contributed by atoms with E-state index in [4.69, 9.17) is 5.11 Å². The Labute approximate surface area is 111 Å². The van der Waals surface area contributed by atoms with Crippen LogP contribution in [0.25, 0.3) is 0 Å². The summed E-state index contributed by atoms with van der Waals surface area (Å²) in [5, 5.41) is 11.7. The smallest absolute Gasteiger partial charge is 0.307 e. The lowest BCUT2D eigenvalue weighted by molar-refractivity contribution is -0.140. The molecule has 2 fully saturated rings. The average Bonchev–Trinajstić information content (AvgIpc) is 3.30. The molecule has 19 heavy (non-hydrogen) atoms. The molecule has 4 heteroatoms. The fourth-order valence-electron chi connectivity index (χ4n) is 2.66. The number of carbonyl (C=O) groups is 2. The highest BCUT2D eigenvalue weighted by Gasteiger charge is 2.50. The van der Waals surface area contributed by atoms with Gasteiger partial charge in [-0.25, -0.2) is 0 Å². The Morgan fingerprint density at radius 1 is 1.21 bits per heavy atom. The van der Waals surface area contributed by atoms with Crippen molar-refractivity contribution in [3.8, 4) is 0 Å². The molecule has 3 rings (SSSR count). The molecule has 0 aromatic heterocycles. The van der Waals surface area contributed by atoms with Crippen LogP contribution in [0.2, 0.25) is 0 Å². The maximum Gasteiger partial charge on any atom is 0.307 e. The molecule has 4 nitrogen and oxygen atoms in total. The van der Waals surface area contributed by atoms with Gasteiger partial charge in [0.2, 0.25) is 5.91 Å². The van der Waals surface area contributed by atoms with Gasteiger partial charge in [-0.3, -0.25) is 9.59 Å². The molecule has 1 amide bonds. The number of amides is 1. The molecule has 1 aromatic rings. The summed E-state index contributed by atoms with van der Waals surface area (Å²) >= 11 is 0. The zero-order valence-corrected chi connectivity index (χ0v) is 10.6. The summed E-state index contributed by atoms with van der Waals surface area (Å²) in [7, 11) is 0. The quantitative estimate of drug-likeness (QED) is 0.843. The van der Waals surface area contributed by atoms with E-state index in [0.717, 1.165) is 12.8 Å². The van der Waals surface area contributed by atoms with E-state index in [2.05, 4.69) is 17.4 Å². The predicted octanol–water partition coefficient (Wildman–Crippen LogP) is 1.56. The predicted molar refractivity (Wildman–Crippen MR) is 69.6 cm³/mol. The second-order valence-electron chi connectivity index (χ2n) is 5.65. The van der Waals surface area contributed by atoms with Gasteiger partial charge in [-0.05, 0) is 24.8 Å². The van der Waals surface area contributed by atoms with E-state index in [0.29, 0.717) is 13.0 Å². The largest absolute Gasteiger partial charge is 0.481 e. The number of carbonyl (C=O) groups excluding carboxylic acids is 1. The van der Waals surface area contributed by atoms with Gasteiger partial charge >= 0.3 is 5.97 Å². The summed E-state index contributed by atoms with van der Waals surface area (Å²) in [6.07, 6.45) is 2.66. The Morgan fingerprint density at radius 3 is 2.42 bits per heavy atom. The lowest BCUT2D eigenvalue weighted by Crippen LogP contribution is -2.33. The van der Waals surface area contributed by atoms with E-state index in [1.54, 1.807) is 0 Å². The molecule has 100 valence electrons. The molecule has 2 N–H and O–H groups in total. The number of benzene rings is 1. The van der Waals surface area contributed by atoms with Crippen molar-refractivity contribution in [1.29, 1.82) is 0 Å². The summed E-state index contributed by atoms with van der Waals surface area (Å²) in [6.45, 7) is 0.624. The molecular weight excluding hydrogens is 242 g/mol. The average molecular weight is 259 g/mol. The van der Waals surface area contributed by atoms with Crippen LogP contribution in [0.4, 0.5) is 0 Å². The van der Waals surface area contributed by atoms with Gasteiger partial charge in [0, 0.05) is 12.0 Å². The first-order chi connectivity index (χ1) is 9.12. The van der Waals surface area contributed by atoms with Crippen LogP contribution in [0.15, 0.2) is 30.3 Å². The zero-order chi connectivity index (χ0) is 13.5. The second-order valence-corrected chi connectivity index (χ2v) is 5.65. The van der Waals surface area contributed by atoms with Crippen molar-refractivity contribution in [2.24, 2.45) is 11.8 Å². The van der Waals surface area contributed by atoms with Crippen LogP contribution in [-0.4, -0.2) is 23.5 Å². The number of rotatable bonds is 5. The van der Waals surface area contributed by atoms with E-state index < -0.39 is 11.9 Å². The minimum absolute atomic E-state index is 0.0878. The molecule has 2 aliphatic rings. The maximum absolute atomic E-state index is 11.9. The topological polar surface area (TPSA) is 66.4 Å². The monoisotopic (exact) mass is 259 g/mol. The fourth-order valence-corrected chi connectivity index (χ4v) is 2.66. The summed E-state index contributed by atoms with van der Waals surface area (Å²) < 4.78 is 0. The number of aliphatic carboxylic acids is 1. The Balaban J connectivity index is 1.56. The van der Waals surface area contributed by atoms with Gasteiger partial charge in [-0.15, -0.1) is 0 Å². The lowest BCUT2D eigenvalue weighted by Gasteiger charge is -2.16. The fraction of sp³-hybridized carbons (Fsp3) is 0.467. The third-order valence-corrected chi connectivity index (χ3v) is 4.29. The minimum Gasteiger partial charge on any atom is -0.481 e. The van der Waals surface area contributed by atoms with Crippen LogP contribution in [0.3, 0.4) is 0 Å². The molecule has 0 aliphatic heterocycles. The highest BCUT2D eigenvalue weighted by Crippen LogP contribution is 2.48. The van der Waals surface area contributed by atoms with Crippen LogP contribution >= 0.6 is 0 Å². The number of carboxylic acid groups (broad SMARTS) is 1. The van der Waals surface area contributed by atoms with E-state index in [1.807, 2.05) is 18.2 Å². The number of nitrogens with one attached hydrogen (secondary N) is 1. The van der Waals surface area contributed by atoms with Crippen molar-refractivity contribution in [1.82, 2.24) is 5.32 Å². The van der Waals surface area contributed by atoms with Gasteiger partial charge in [-0.1, -0.05) is 30.3 Å². The lowest BCUT2D eigenvalue weighted by atomic mass is 9.96. The van der Waals surface area contributed by atoms with Crippen LogP contribution in [0.1, 0.15) is 24.8 Å². The summed E-state index contributed by atoms with van der Waals surface area (Å²) in [5.41, 5.74) is 1.35. The molecular formula is C15H17NO3. The maximum atomic E-state index is 11.9. The zero-order valence-electron chi connectivity index (χ0n) is 10.6. The van der Waals surface area contributed by atoms with Crippen LogP contribution in [-0.2, 0) is 15.0 Å². The molecule has 0 unspecified atom stereocenters. The van der Waals surface area contributed by atoms with Crippen molar-refractivity contribution in [3.05, 3.63) is 35.9 Å². The van der Waals surface area contributed by atoms with Gasteiger partial charge in [0.25, 0.3) is 0 Å². The number of hydrogen-bond acceptors (Lipinski definition) is 2. The first-order valence-electron chi connectivity index (χ1n) is 6.68. The highest BCUT2D eigenvalue weighted by atomic mass is 16.4. The number of hydrogen-bond donors (Lipinski definition) is 2. The van der Waals surface area contributed by atoms with Crippen LogP contribution in [0.5, 0.6) is 0 Å². The van der Waals surface area contributed by atoms with E-state index >= 15 is 0 Å². The summed E-state index contributed by atoms with van der Waals surface area (Å²) in [5.74, 6) is -1.74. The molecule has 2 atom stereocenters. The molecule has 0 heterocycles. The van der Waals surface area contributed by atoms with Crippen molar-refractivity contribution in [2.75, 3.05) is 6.54 Å². The van der Waals surface area contributed by atoms with Crippen LogP contribution in [0, 0.1) is 11.8 Å². The van der Waals surface area contributed by atoms with Gasteiger partial charge in [0.05, 0.1) is 11.8 Å². The Morgan fingerprint density at radius 2 is 1.89 bits per heavy atom. The standard InChI is InChI=1S/C15H17NO3/c17-13(11-8-12(11)14(18)19)16-9-15(6-7-15)10-4-2-1-3-5-10/h1-5,11-12H,6-9H2,(H,16,17)(H,18,19)/t11-,12+/m1/s1. The third kappa shape index (κ3) is 2.35. The molecule has 0 spiro atoms. The third-order valence-electron chi connectivity index (χ3n) is 4.29. The first kappa shape index (κ1) is 12.2. The Bertz CT molecular complexity index is 507. The highest BCUT2D eigenvalue weighted by molar-refractivity contribution is 5.89. The van der Waals surface area contributed by atoms with E-state index in [9.17, 15) is 9.59 Å². The van der Waals surface area contributed by atoms with Crippen LogP contribution < -0.4 is 5.32 Å². The first-order valence-corrected chi connectivity index (χ1v) is 6.68. The van der Waals surface area contributed by atoms with Gasteiger partial charge in [0.15, 0.2) is 0 Å². The van der Waals surface area contributed by atoms with Gasteiger partial charge in [0.1, 0.15) is 0 Å². The number of carboxylic acids is 1. The molecule has 0 bridgehead atoms. The van der Waals surface area contributed by atoms with Crippen molar-refractivity contribution < 1.29 is 14.7 Å². The Hall–Kier alpha value is -1.84. The van der Waals surface area contributed by atoms with E-state index in [-0.39, 0.29) is 17.2 Å². The molecule has 2 saturated carbocycles.